The number of amides is 2. The lowest BCUT2D eigenvalue weighted by Crippen LogP contribution is -2.47. The smallest absolute Gasteiger partial charge is 0.252 e. The van der Waals surface area contributed by atoms with Crippen LogP contribution in [0.4, 0.5) is 5.69 Å². The maximum atomic E-state index is 13.1. The van der Waals surface area contributed by atoms with Gasteiger partial charge in [0.25, 0.3) is 5.91 Å². The van der Waals surface area contributed by atoms with E-state index in [0.717, 1.165) is 45.7 Å². The molecule has 0 aliphatic carbocycles. The molecule has 4 rings (SSSR count). The summed E-state index contributed by atoms with van der Waals surface area (Å²) < 4.78 is 0. The summed E-state index contributed by atoms with van der Waals surface area (Å²) in [5.41, 5.74) is 1.99. The molecular formula is C28H34ClN5O2S. The number of halogens is 1. The average Bonchev–Trinajstić information content (AvgIpc) is 3.11. The molecule has 2 aromatic rings. The summed E-state index contributed by atoms with van der Waals surface area (Å²) >= 11 is 11.6. The summed E-state index contributed by atoms with van der Waals surface area (Å²) in [6, 6.07) is 16.9. The Kier molecular flexibility index (Phi) is 9.68. The molecule has 0 radical (unpaired) electrons. The highest BCUT2D eigenvalue weighted by Gasteiger charge is 2.42. The molecule has 196 valence electrons. The topological polar surface area (TPSA) is 59.1 Å². The predicted molar refractivity (Wildman–Crippen MR) is 152 cm³/mol. The number of hydrogen-bond donors (Lipinski definition) is 1. The summed E-state index contributed by atoms with van der Waals surface area (Å²) in [7, 11) is 0. The van der Waals surface area contributed by atoms with Crippen LogP contribution in [0.1, 0.15) is 18.4 Å². The van der Waals surface area contributed by atoms with Gasteiger partial charge in [-0.25, -0.2) is 0 Å². The van der Waals surface area contributed by atoms with Gasteiger partial charge in [0.15, 0.2) is 5.11 Å². The van der Waals surface area contributed by atoms with Gasteiger partial charge in [-0.15, -0.1) is 6.58 Å². The predicted octanol–water partition coefficient (Wildman–Crippen LogP) is 3.86. The van der Waals surface area contributed by atoms with Gasteiger partial charge < -0.3 is 15.1 Å². The fraction of sp³-hybridized carbons (Fsp3) is 0.393. The molecule has 0 bridgehead atoms. The van der Waals surface area contributed by atoms with Gasteiger partial charge >= 0.3 is 0 Å². The van der Waals surface area contributed by atoms with E-state index in [1.54, 1.807) is 35.2 Å². The molecule has 0 spiro atoms. The average molecular weight is 540 g/mol. The van der Waals surface area contributed by atoms with Crippen LogP contribution in [0.5, 0.6) is 0 Å². The summed E-state index contributed by atoms with van der Waals surface area (Å²) in [6.07, 6.45) is 2.56. The fourth-order valence-corrected chi connectivity index (χ4v) is 5.35. The minimum Gasteiger partial charge on any atom is -0.336 e. The normalized spacial score (nSPS) is 18.9. The number of nitrogens with zero attached hydrogens (tertiary/aromatic N) is 4. The van der Waals surface area contributed by atoms with E-state index in [9.17, 15) is 9.59 Å². The number of benzene rings is 2. The number of rotatable bonds is 11. The highest BCUT2D eigenvalue weighted by atomic mass is 35.5. The van der Waals surface area contributed by atoms with Crippen LogP contribution in [-0.4, -0.2) is 88.4 Å². The van der Waals surface area contributed by atoms with Crippen molar-refractivity contribution in [1.82, 2.24) is 19.6 Å². The Morgan fingerprint density at radius 2 is 1.70 bits per heavy atom. The summed E-state index contributed by atoms with van der Waals surface area (Å²) in [4.78, 5) is 34.3. The van der Waals surface area contributed by atoms with Crippen molar-refractivity contribution in [3.05, 3.63) is 77.8 Å². The molecule has 37 heavy (non-hydrogen) atoms. The zero-order valence-electron chi connectivity index (χ0n) is 21.0. The molecule has 2 aliphatic rings. The first kappa shape index (κ1) is 27.3. The van der Waals surface area contributed by atoms with E-state index in [4.69, 9.17) is 23.8 Å². The number of carbonyl (C=O) groups is 2. The van der Waals surface area contributed by atoms with Crippen molar-refractivity contribution in [2.75, 3.05) is 51.1 Å². The van der Waals surface area contributed by atoms with E-state index in [1.165, 1.54) is 5.56 Å². The van der Waals surface area contributed by atoms with Crippen molar-refractivity contribution in [2.45, 2.75) is 25.4 Å². The third-order valence-electron chi connectivity index (χ3n) is 6.81. The van der Waals surface area contributed by atoms with Gasteiger partial charge in [-0.05, 0) is 55.0 Å². The Morgan fingerprint density at radius 3 is 2.38 bits per heavy atom. The molecule has 2 fully saturated rings. The Bertz CT molecular complexity index is 1090. The van der Waals surface area contributed by atoms with Crippen molar-refractivity contribution in [2.24, 2.45) is 0 Å². The molecule has 9 heteroatoms. The van der Waals surface area contributed by atoms with Crippen LogP contribution >= 0.6 is 23.8 Å². The number of anilines is 1. The van der Waals surface area contributed by atoms with Gasteiger partial charge in [0.1, 0.15) is 6.04 Å². The Morgan fingerprint density at radius 1 is 1.03 bits per heavy atom. The molecule has 0 unspecified atom stereocenters. The van der Waals surface area contributed by atoms with Crippen LogP contribution in [0.15, 0.2) is 67.3 Å². The van der Waals surface area contributed by atoms with Crippen LogP contribution in [0, 0.1) is 0 Å². The van der Waals surface area contributed by atoms with Crippen LogP contribution in [-0.2, 0) is 16.1 Å². The van der Waals surface area contributed by atoms with Crippen LogP contribution < -0.4 is 5.32 Å². The standard InChI is InChI=1S/C28H34ClN5O2S/c1-2-13-34-27(36)25(20-26(35)30-24-11-9-23(29)10-12-24)33(28(34)37)15-6-14-31-16-18-32(19-17-31)21-22-7-4-3-5-8-22/h2-5,7-12,25H,1,6,13-21H2,(H,30,35)/t25-/m0/s1. The monoisotopic (exact) mass is 539 g/mol. The number of hydrogen-bond acceptors (Lipinski definition) is 5. The number of nitrogens with one attached hydrogen (secondary N) is 1. The third kappa shape index (κ3) is 7.38. The first-order valence-electron chi connectivity index (χ1n) is 12.7. The maximum Gasteiger partial charge on any atom is 0.252 e. The van der Waals surface area contributed by atoms with E-state index >= 15 is 0 Å². The van der Waals surface area contributed by atoms with E-state index in [-0.39, 0.29) is 18.2 Å². The van der Waals surface area contributed by atoms with Gasteiger partial charge in [0.05, 0.1) is 6.42 Å². The van der Waals surface area contributed by atoms with Crippen LogP contribution in [0.25, 0.3) is 0 Å². The van der Waals surface area contributed by atoms with Gasteiger partial charge in [0.2, 0.25) is 5.91 Å². The number of piperazine rings is 1. The lowest BCUT2D eigenvalue weighted by molar-refractivity contribution is -0.130. The van der Waals surface area contributed by atoms with Crippen molar-refractivity contribution in [3.8, 4) is 0 Å². The summed E-state index contributed by atoms with van der Waals surface area (Å²) in [5, 5.41) is 3.93. The highest BCUT2D eigenvalue weighted by Crippen LogP contribution is 2.22. The second-order valence-corrected chi connectivity index (χ2v) is 10.2. The van der Waals surface area contributed by atoms with Crippen molar-refractivity contribution < 1.29 is 9.59 Å². The zero-order chi connectivity index (χ0) is 26.2. The molecule has 2 aromatic carbocycles. The second kappa shape index (κ2) is 13.1. The molecule has 0 saturated carbocycles. The molecule has 2 amide bonds. The molecule has 1 atom stereocenters. The Labute approximate surface area is 229 Å². The minimum absolute atomic E-state index is 0.0351. The number of carbonyl (C=O) groups excluding carboxylic acids is 2. The lowest BCUT2D eigenvalue weighted by atomic mass is 10.1. The first-order chi connectivity index (χ1) is 17.9. The van der Waals surface area contributed by atoms with Gasteiger partial charge in [-0.1, -0.05) is 48.0 Å². The van der Waals surface area contributed by atoms with Crippen molar-refractivity contribution in [3.63, 3.8) is 0 Å². The van der Waals surface area contributed by atoms with E-state index in [0.29, 0.717) is 28.9 Å². The van der Waals surface area contributed by atoms with Crippen LogP contribution in [0.3, 0.4) is 0 Å². The third-order valence-corrected chi connectivity index (χ3v) is 7.52. The Balaban J connectivity index is 1.28. The van der Waals surface area contributed by atoms with Crippen LogP contribution in [0.2, 0.25) is 5.02 Å². The Hall–Kier alpha value is -2.78. The van der Waals surface area contributed by atoms with E-state index in [1.807, 2.05) is 11.0 Å². The number of thiocarbonyl (C=S) groups is 1. The summed E-state index contributed by atoms with van der Waals surface area (Å²) in [5.74, 6) is -0.380. The van der Waals surface area contributed by atoms with Gasteiger partial charge in [-0.3, -0.25) is 19.4 Å². The molecule has 7 nitrogen and oxygen atoms in total. The molecule has 2 aliphatic heterocycles. The van der Waals surface area contributed by atoms with E-state index < -0.39 is 6.04 Å². The highest BCUT2D eigenvalue weighted by molar-refractivity contribution is 7.80. The lowest BCUT2D eigenvalue weighted by Gasteiger charge is -2.35. The summed E-state index contributed by atoms with van der Waals surface area (Å²) in [6.45, 7) is 10.7. The second-order valence-electron chi connectivity index (χ2n) is 9.45. The zero-order valence-corrected chi connectivity index (χ0v) is 22.6. The maximum absolute atomic E-state index is 13.1. The van der Waals surface area contributed by atoms with Gasteiger partial charge in [0, 0.05) is 56.5 Å². The molecule has 0 aromatic heterocycles. The molecule has 2 heterocycles. The SMILES string of the molecule is C=CCN1C(=O)[C@H](CC(=O)Nc2ccc(Cl)cc2)N(CCCN2CCN(Cc3ccccc3)CC2)C1=S. The molecule has 2 saturated heterocycles. The minimum atomic E-state index is -0.609. The fourth-order valence-electron chi connectivity index (χ4n) is 4.84. The quantitative estimate of drug-likeness (QED) is 0.346. The van der Waals surface area contributed by atoms with Crippen molar-refractivity contribution in [1.29, 1.82) is 0 Å². The van der Waals surface area contributed by atoms with Crippen molar-refractivity contribution >= 4 is 46.4 Å². The van der Waals surface area contributed by atoms with Gasteiger partial charge in [-0.2, -0.15) is 0 Å². The molecule has 1 N–H and O–H groups in total. The first-order valence-corrected chi connectivity index (χ1v) is 13.5. The van der Waals surface area contributed by atoms with E-state index in [2.05, 4.69) is 46.0 Å². The molecular weight excluding hydrogens is 506 g/mol. The largest absolute Gasteiger partial charge is 0.336 e.